The van der Waals surface area contributed by atoms with Gasteiger partial charge in [0.15, 0.2) is 5.43 Å². The Morgan fingerprint density at radius 2 is 2.14 bits per heavy atom. The van der Waals surface area contributed by atoms with E-state index < -0.39 is 29.2 Å². The molecular weight excluding hydrogens is 370 g/mol. The third-order valence-corrected chi connectivity index (χ3v) is 4.91. The van der Waals surface area contributed by atoms with Crippen molar-refractivity contribution in [2.75, 3.05) is 18.2 Å². The molecule has 2 aliphatic rings. The Kier molecular flexibility index (Phi) is 4.65. The highest BCUT2D eigenvalue weighted by atomic mass is 16.5. The first-order chi connectivity index (χ1) is 13.5. The Bertz CT molecular complexity index is 947. The number of aliphatic hydroxyl groups is 1. The van der Waals surface area contributed by atoms with Crippen molar-refractivity contribution in [3.63, 3.8) is 0 Å². The standard InChI is InChI=1S/C18H19N3O7/c22-15-6-14-16(23)19(8-12-2-1-4-28-12)18(26)21(7-11-3-5-27-10-11)20(14)9-13(15)17(24)25/h3,5-6,9-10,12,18,26H,1-2,4,7-8H2,(H,24,25)/t12-,18?/m0/s1. The number of carbonyl (C=O) groups is 2. The van der Waals surface area contributed by atoms with Crippen molar-refractivity contribution in [2.24, 2.45) is 0 Å². The molecular formula is C18H19N3O7. The highest BCUT2D eigenvalue weighted by molar-refractivity contribution is 5.95. The van der Waals surface area contributed by atoms with Gasteiger partial charge < -0.3 is 19.4 Å². The topological polar surface area (TPSA) is 125 Å². The van der Waals surface area contributed by atoms with Gasteiger partial charge in [0.05, 0.1) is 31.7 Å². The Labute approximate surface area is 159 Å². The maximum Gasteiger partial charge on any atom is 0.341 e. The molecule has 0 saturated carbocycles. The fourth-order valence-electron chi connectivity index (χ4n) is 3.49. The number of carboxylic acids is 1. The SMILES string of the molecule is O=C(O)c1cn2c(cc1=O)C(=O)N(C[C@@H]1CCCO1)C(O)N2Cc1ccoc1. The van der Waals surface area contributed by atoms with Crippen LogP contribution in [0, 0.1) is 0 Å². The average molecular weight is 389 g/mol. The number of hydrogen-bond donors (Lipinski definition) is 2. The molecule has 10 heteroatoms. The second kappa shape index (κ2) is 7.13. The van der Waals surface area contributed by atoms with Crippen molar-refractivity contribution >= 4 is 11.9 Å². The molecule has 4 rings (SSSR count). The van der Waals surface area contributed by atoms with Crippen molar-refractivity contribution in [1.82, 2.24) is 9.58 Å². The normalized spacial score (nSPS) is 21.8. The summed E-state index contributed by atoms with van der Waals surface area (Å²) < 4.78 is 11.8. The molecule has 0 aromatic carbocycles. The van der Waals surface area contributed by atoms with E-state index in [-0.39, 0.29) is 24.9 Å². The van der Waals surface area contributed by atoms with Crippen LogP contribution in [0.2, 0.25) is 0 Å². The number of furan rings is 1. The number of aromatic carboxylic acids is 1. The Hall–Kier alpha value is -3.11. The van der Waals surface area contributed by atoms with E-state index in [0.717, 1.165) is 25.1 Å². The van der Waals surface area contributed by atoms with Crippen molar-refractivity contribution < 1.29 is 29.0 Å². The van der Waals surface area contributed by atoms with Gasteiger partial charge in [-0.25, -0.2) is 4.79 Å². The fraction of sp³-hybridized carbons (Fsp3) is 0.389. The first-order valence-electron chi connectivity index (χ1n) is 8.84. The Morgan fingerprint density at radius 3 is 2.79 bits per heavy atom. The van der Waals surface area contributed by atoms with E-state index in [0.29, 0.717) is 12.2 Å². The molecule has 10 nitrogen and oxygen atoms in total. The third-order valence-electron chi connectivity index (χ3n) is 4.91. The first kappa shape index (κ1) is 18.3. The zero-order valence-corrected chi connectivity index (χ0v) is 14.9. The van der Waals surface area contributed by atoms with Gasteiger partial charge in [0.25, 0.3) is 5.91 Å². The van der Waals surface area contributed by atoms with E-state index in [1.54, 1.807) is 6.07 Å². The van der Waals surface area contributed by atoms with Gasteiger partial charge in [-0.15, -0.1) is 0 Å². The molecule has 148 valence electrons. The molecule has 0 aliphatic carbocycles. The smallest absolute Gasteiger partial charge is 0.341 e. The van der Waals surface area contributed by atoms with Gasteiger partial charge in [-0.1, -0.05) is 0 Å². The molecule has 1 amide bonds. The lowest BCUT2D eigenvalue weighted by molar-refractivity contribution is -0.0385. The fourth-order valence-corrected chi connectivity index (χ4v) is 3.49. The molecule has 1 unspecified atom stereocenters. The molecule has 2 aromatic rings. The van der Waals surface area contributed by atoms with E-state index in [4.69, 9.17) is 9.15 Å². The van der Waals surface area contributed by atoms with Crippen LogP contribution in [0.4, 0.5) is 0 Å². The summed E-state index contributed by atoms with van der Waals surface area (Å²) in [6.45, 7) is 0.887. The quantitative estimate of drug-likeness (QED) is 0.742. The number of nitrogens with zero attached hydrogens (tertiary/aromatic N) is 3. The van der Waals surface area contributed by atoms with Gasteiger partial charge >= 0.3 is 5.97 Å². The van der Waals surface area contributed by atoms with E-state index in [1.165, 1.54) is 27.1 Å². The van der Waals surface area contributed by atoms with Crippen molar-refractivity contribution in [3.05, 3.63) is 57.9 Å². The number of hydrogen-bond acceptors (Lipinski definition) is 7. The molecule has 2 atom stereocenters. The molecule has 2 aliphatic heterocycles. The summed E-state index contributed by atoms with van der Waals surface area (Å²) in [5.74, 6) is -1.98. The van der Waals surface area contributed by atoms with E-state index >= 15 is 0 Å². The third kappa shape index (κ3) is 3.16. The highest BCUT2D eigenvalue weighted by Crippen LogP contribution is 2.23. The number of carbonyl (C=O) groups excluding carboxylic acids is 1. The number of rotatable bonds is 5. The largest absolute Gasteiger partial charge is 0.477 e. The van der Waals surface area contributed by atoms with E-state index in [2.05, 4.69) is 0 Å². The van der Waals surface area contributed by atoms with Crippen molar-refractivity contribution in [2.45, 2.75) is 31.8 Å². The minimum atomic E-state index is -1.41. The molecule has 2 aromatic heterocycles. The molecule has 0 radical (unpaired) electrons. The maximum absolute atomic E-state index is 13.0. The van der Waals surface area contributed by atoms with Gasteiger partial charge in [-0.3, -0.25) is 24.2 Å². The number of pyridine rings is 1. The first-order valence-corrected chi connectivity index (χ1v) is 8.84. The summed E-state index contributed by atoms with van der Waals surface area (Å²) in [7, 11) is 0. The zero-order valence-electron chi connectivity index (χ0n) is 14.9. The number of amides is 1. The summed E-state index contributed by atoms with van der Waals surface area (Å²) in [4.78, 5) is 37.7. The second-order valence-corrected chi connectivity index (χ2v) is 6.75. The van der Waals surface area contributed by atoms with Gasteiger partial charge in [0, 0.05) is 24.4 Å². The number of ether oxygens (including phenoxy) is 1. The Balaban J connectivity index is 1.77. The molecule has 28 heavy (non-hydrogen) atoms. The lowest BCUT2D eigenvalue weighted by Crippen LogP contribution is -2.62. The minimum Gasteiger partial charge on any atom is -0.477 e. The van der Waals surface area contributed by atoms with Crippen molar-refractivity contribution in [1.29, 1.82) is 0 Å². The van der Waals surface area contributed by atoms with Crippen LogP contribution in [-0.2, 0) is 11.3 Å². The predicted octanol–water partition coefficient (Wildman–Crippen LogP) is 0.188. The number of fused-ring (bicyclic) bond motifs is 1. The Morgan fingerprint density at radius 1 is 1.32 bits per heavy atom. The van der Waals surface area contributed by atoms with E-state index in [9.17, 15) is 24.6 Å². The summed E-state index contributed by atoms with van der Waals surface area (Å²) >= 11 is 0. The van der Waals surface area contributed by atoms with Crippen LogP contribution >= 0.6 is 0 Å². The number of aliphatic hydroxyl groups excluding tert-OH is 1. The molecule has 4 heterocycles. The van der Waals surface area contributed by atoms with Gasteiger partial charge in [0.1, 0.15) is 11.3 Å². The summed E-state index contributed by atoms with van der Waals surface area (Å²) in [5.41, 5.74) is -0.592. The molecule has 0 spiro atoms. The summed E-state index contributed by atoms with van der Waals surface area (Å²) in [6, 6.07) is 2.68. The molecule has 2 N–H and O–H groups in total. The second-order valence-electron chi connectivity index (χ2n) is 6.75. The van der Waals surface area contributed by atoms with E-state index in [1.807, 2.05) is 0 Å². The molecule has 0 bridgehead atoms. The number of carboxylic acid groups (broad SMARTS) is 1. The van der Waals surface area contributed by atoms with Crippen LogP contribution < -0.4 is 10.4 Å². The minimum absolute atomic E-state index is 0.0261. The summed E-state index contributed by atoms with van der Waals surface area (Å²) in [6.07, 6.45) is 4.07. The van der Waals surface area contributed by atoms with Crippen LogP contribution in [0.1, 0.15) is 39.3 Å². The van der Waals surface area contributed by atoms with Crippen LogP contribution in [0.25, 0.3) is 0 Å². The number of aromatic nitrogens is 1. The highest BCUT2D eigenvalue weighted by Gasteiger charge is 2.39. The monoisotopic (exact) mass is 389 g/mol. The van der Waals surface area contributed by atoms with Crippen LogP contribution in [0.3, 0.4) is 0 Å². The van der Waals surface area contributed by atoms with Crippen molar-refractivity contribution in [3.8, 4) is 0 Å². The van der Waals surface area contributed by atoms with Crippen LogP contribution in [0.15, 0.2) is 40.1 Å². The maximum atomic E-state index is 13.0. The molecule has 1 saturated heterocycles. The summed E-state index contributed by atoms with van der Waals surface area (Å²) in [5, 5.41) is 21.6. The average Bonchev–Trinajstić information content (AvgIpc) is 3.36. The lowest BCUT2D eigenvalue weighted by atomic mass is 10.1. The lowest BCUT2D eigenvalue weighted by Gasteiger charge is -2.44. The van der Waals surface area contributed by atoms with Gasteiger partial charge in [-0.05, 0) is 18.9 Å². The van der Waals surface area contributed by atoms with Gasteiger partial charge in [-0.2, -0.15) is 0 Å². The zero-order chi connectivity index (χ0) is 19.8. The molecule has 1 fully saturated rings. The predicted molar refractivity (Wildman–Crippen MR) is 94.3 cm³/mol. The van der Waals surface area contributed by atoms with Crippen LogP contribution in [-0.4, -0.2) is 57.3 Å². The van der Waals surface area contributed by atoms with Crippen LogP contribution in [0.5, 0.6) is 0 Å². The van der Waals surface area contributed by atoms with Gasteiger partial charge in [0.2, 0.25) is 6.35 Å².